The lowest BCUT2D eigenvalue weighted by molar-refractivity contribution is -0.138. The van der Waals surface area contributed by atoms with Crippen molar-refractivity contribution in [1.29, 1.82) is 0 Å². The van der Waals surface area contributed by atoms with Crippen LogP contribution in [-0.2, 0) is 19.1 Å². The molecule has 0 fully saturated rings. The van der Waals surface area contributed by atoms with Gasteiger partial charge < -0.3 is 25.7 Å². The van der Waals surface area contributed by atoms with Crippen molar-refractivity contribution in [3.05, 3.63) is 59.3 Å². The molecule has 2 aliphatic rings. The van der Waals surface area contributed by atoms with Crippen molar-refractivity contribution in [3.63, 3.8) is 0 Å². The topological polar surface area (TPSA) is 114 Å². The SMILES string of the molecule is C#CCO[C@H]1CC=C(C(=O)Oc2ccc(/C=C/C(=O)OCCC3CCC(N)=CC3N)cc2)CC1. The van der Waals surface area contributed by atoms with Crippen molar-refractivity contribution in [1.82, 2.24) is 0 Å². The van der Waals surface area contributed by atoms with Crippen molar-refractivity contribution >= 4 is 18.0 Å². The Morgan fingerprint density at radius 1 is 1.18 bits per heavy atom. The maximum absolute atomic E-state index is 12.4. The maximum atomic E-state index is 12.4. The molecule has 0 heterocycles. The zero-order valence-electron chi connectivity index (χ0n) is 19.3. The van der Waals surface area contributed by atoms with Gasteiger partial charge in [0.05, 0.1) is 12.7 Å². The van der Waals surface area contributed by atoms with E-state index in [4.69, 9.17) is 32.1 Å². The number of nitrogens with two attached hydrogens (primary N) is 2. The summed E-state index contributed by atoms with van der Waals surface area (Å²) in [6.07, 6.45) is 16.4. The van der Waals surface area contributed by atoms with Gasteiger partial charge >= 0.3 is 11.9 Å². The Hall–Kier alpha value is -3.34. The highest BCUT2D eigenvalue weighted by atomic mass is 16.5. The predicted octanol–water partition coefficient (Wildman–Crippen LogP) is 3.25. The first-order valence-electron chi connectivity index (χ1n) is 11.6. The molecule has 3 atom stereocenters. The summed E-state index contributed by atoms with van der Waals surface area (Å²) in [5, 5.41) is 0. The third kappa shape index (κ3) is 7.91. The minimum atomic E-state index is -0.413. The minimum absolute atomic E-state index is 0.0479. The van der Waals surface area contributed by atoms with Gasteiger partial charge in [0.2, 0.25) is 0 Å². The molecule has 0 aliphatic heterocycles. The molecular formula is C27H32N2O5. The molecule has 0 aromatic heterocycles. The smallest absolute Gasteiger partial charge is 0.339 e. The van der Waals surface area contributed by atoms with Gasteiger partial charge in [-0.1, -0.05) is 24.1 Å². The highest BCUT2D eigenvalue weighted by molar-refractivity contribution is 5.90. The van der Waals surface area contributed by atoms with Crippen LogP contribution < -0.4 is 16.2 Å². The Labute approximate surface area is 200 Å². The van der Waals surface area contributed by atoms with E-state index >= 15 is 0 Å². The third-order valence-electron chi connectivity index (χ3n) is 6.02. The van der Waals surface area contributed by atoms with E-state index in [1.165, 1.54) is 6.08 Å². The lowest BCUT2D eigenvalue weighted by Gasteiger charge is -2.26. The zero-order chi connectivity index (χ0) is 24.3. The molecule has 1 aromatic rings. The second-order valence-electron chi connectivity index (χ2n) is 8.51. The summed E-state index contributed by atoms with van der Waals surface area (Å²) in [4.78, 5) is 24.4. The van der Waals surface area contributed by atoms with Crippen molar-refractivity contribution in [3.8, 4) is 18.1 Å². The molecule has 0 bridgehead atoms. The summed E-state index contributed by atoms with van der Waals surface area (Å²) < 4.78 is 16.3. The zero-order valence-corrected chi connectivity index (χ0v) is 19.3. The molecule has 0 spiro atoms. The number of carbonyl (C=O) groups is 2. The van der Waals surface area contributed by atoms with Gasteiger partial charge in [-0.25, -0.2) is 9.59 Å². The van der Waals surface area contributed by atoms with Crippen LogP contribution in [0.25, 0.3) is 6.08 Å². The molecule has 34 heavy (non-hydrogen) atoms. The van der Waals surface area contributed by atoms with Crippen LogP contribution in [0.4, 0.5) is 0 Å². The molecular weight excluding hydrogens is 432 g/mol. The van der Waals surface area contributed by atoms with E-state index in [0.29, 0.717) is 37.2 Å². The molecule has 2 aliphatic carbocycles. The van der Waals surface area contributed by atoms with Crippen LogP contribution in [-0.4, -0.2) is 37.3 Å². The molecule has 4 N–H and O–H groups in total. The van der Waals surface area contributed by atoms with E-state index in [1.54, 1.807) is 30.3 Å². The summed E-state index contributed by atoms with van der Waals surface area (Å²) in [6, 6.07) is 6.82. The van der Waals surface area contributed by atoms with Gasteiger partial charge in [-0.2, -0.15) is 0 Å². The fraction of sp³-hybridized carbons (Fsp3) is 0.407. The van der Waals surface area contributed by atoms with Crippen molar-refractivity contribution in [2.45, 2.75) is 50.7 Å². The van der Waals surface area contributed by atoms with Crippen molar-refractivity contribution in [2.24, 2.45) is 17.4 Å². The van der Waals surface area contributed by atoms with Crippen molar-refractivity contribution < 1.29 is 23.8 Å². The molecule has 0 saturated carbocycles. The summed E-state index contributed by atoms with van der Waals surface area (Å²) >= 11 is 0. The van der Waals surface area contributed by atoms with Crippen molar-refractivity contribution in [2.75, 3.05) is 13.2 Å². The van der Waals surface area contributed by atoms with Gasteiger partial charge in [-0.15, -0.1) is 6.42 Å². The molecule has 2 unspecified atom stereocenters. The van der Waals surface area contributed by atoms with Crippen LogP contribution in [0.1, 0.15) is 44.1 Å². The highest BCUT2D eigenvalue weighted by Crippen LogP contribution is 2.24. The Bertz CT molecular complexity index is 987. The van der Waals surface area contributed by atoms with Gasteiger partial charge in [-0.3, -0.25) is 0 Å². The van der Waals surface area contributed by atoms with Gasteiger partial charge in [0.15, 0.2) is 0 Å². The quantitative estimate of drug-likeness (QED) is 0.250. The Balaban J connectivity index is 1.40. The highest BCUT2D eigenvalue weighted by Gasteiger charge is 2.21. The normalized spacial score (nSPS) is 22.4. The molecule has 0 amide bonds. The number of esters is 2. The number of rotatable bonds is 9. The van der Waals surface area contributed by atoms with E-state index in [0.717, 1.165) is 30.5 Å². The maximum Gasteiger partial charge on any atom is 0.339 e. The Kier molecular flexibility index (Phi) is 9.51. The molecule has 7 nitrogen and oxygen atoms in total. The first-order chi connectivity index (χ1) is 16.4. The van der Waals surface area contributed by atoms with Crippen LogP contribution in [0.5, 0.6) is 5.75 Å². The molecule has 0 saturated heterocycles. The van der Waals surface area contributed by atoms with Gasteiger partial charge in [-0.05, 0) is 74.3 Å². The van der Waals surface area contributed by atoms with E-state index in [9.17, 15) is 9.59 Å². The number of benzene rings is 1. The standard InChI is InChI=1S/C27H32N2O5/c1-2-16-32-23-12-7-21(8-13-23)27(31)34-24-10-3-19(4-11-24)5-14-26(30)33-17-15-20-6-9-22(28)18-25(20)29/h1,3-5,7,10-11,14,18,20,23,25H,6,8-9,12-13,15-17,28-29H2/b14-5+/t20?,23-,25?/m0/s1. The van der Waals surface area contributed by atoms with Gasteiger partial charge in [0, 0.05) is 23.4 Å². The first-order valence-corrected chi connectivity index (χ1v) is 11.6. The largest absolute Gasteiger partial charge is 0.463 e. The average Bonchev–Trinajstić information content (AvgIpc) is 2.84. The van der Waals surface area contributed by atoms with Crippen LogP contribution in [0.15, 0.2) is 53.8 Å². The number of terminal acetylenes is 1. The average molecular weight is 465 g/mol. The number of allylic oxidation sites excluding steroid dienone is 1. The number of hydrogen-bond acceptors (Lipinski definition) is 7. The molecule has 180 valence electrons. The summed E-state index contributed by atoms with van der Waals surface area (Å²) in [5.74, 6) is 2.38. The molecule has 1 aromatic carbocycles. The molecule has 0 radical (unpaired) electrons. The predicted molar refractivity (Wildman–Crippen MR) is 130 cm³/mol. The van der Waals surface area contributed by atoms with Crippen LogP contribution >= 0.6 is 0 Å². The third-order valence-corrected chi connectivity index (χ3v) is 6.02. The molecule has 7 heteroatoms. The van der Waals surface area contributed by atoms with Gasteiger partial charge in [0.25, 0.3) is 0 Å². The summed E-state index contributed by atoms with van der Waals surface area (Å²) in [5.41, 5.74) is 14.1. The summed E-state index contributed by atoms with van der Waals surface area (Å²) in [7, 11) is 0. The lowest BCUT2D eigenvalue weighted by atomic mass is 9.86. The lowest BCUT2D eigenvalue weighted by Crippen LogP contribution is -2.33. The van der Waals surface area contributed by atoms with Crippen LogP contribution in [0.3, 0.4) is 0 Å². The number of hydrogen-bond donors (Lipinski definition) is 2. The number of carbonyl (C=O) groups excluding carboxylic acids is 2. The van der Waals surface area contributed by atoms with Crippen LogP contribution in [0, 0.1) is 18.3 Å². The fourth-order valence-electron chi connectivity index (χ4n) is 4.00. The van der Waals surface area contributed by atoms with E-state index in [1.807, 2.05) is 12.2 Å². The fourth-order valence-corrected chi connectivity index (χ4v) is 4.00. The van der Waals surface area contributed by atoms with Crippen LogP contribution in [0.2, 0.25) is 0 Å². The van der Waals surface area contributed by atoms with E-state index < -0.39 is 5.97 Å². The monoisotopic (exact) mass is 464 g/mol. The van der Waals surface area contributed by atoms with Gasteiger partial charge in [0.1, 0.15) is 12.4 Å². The number of ether oxygens (including phenoxy) is 3. The Morgan fingerprint density at radius 2 is 1.97 bits per heavy atom. The first kappa shape index (κ1) is 25.3. The minimum Gasteiger partial charge on any atom is -0.463 e. The van der Waals surface area contributed by atoms with E-state index in [-0.39, 0.29) is 30.6 Å². The van der Waals surface area contributed by atoms with E-state index in [2.05, 4.69) is 5.92 Å². The second-order valence-corrected chi connectivity index (χ2v) is 8.51. The second kappa shape index (κ2) is 12.8. The summed E-state index contributed by atoms with van der Waals surface area (Å²) in [6.45, 7) is 0.594. The molecule has 3 rings (SSSR count). The Morgan fingerprint density at radius 3 is 2.65 bits per heavy atom.